The molecule has 0 saturated heterocycles. The highest BCUT2D eigenvalue weighted by atomic mass is 35.5. The standard InChI is InChI=1S/C12H14ClFN4/c1-8(10-4-3-9(14)5-11(10)13)15-6-12-16-7-17-18(12)2/h3-5,7-8,15H,6H2,1-2H3/t8-/m0/s1. The maximum absolute atomic E-state index is 12.9. The van der Waals surface area contributed by atoms with Crippen molar-refractivity contribution in [3.8, 4) is 0 Å². The Hall–Kier alpha value is -1.46. The molecule has 0 radical (unpaired) electrons. The van der Waals surface area contributed by atoms with Crippen LogP contribution >= 0.6 is 11.6 Å². The van der Waals surface area contributed by atoms with Crippen LogP contribution in [-0.2, 0) is 13.6 Å². The van der Waals surface area contributed by atoms with Gasteiger partial charge < -0.3 is 5.32 Å². The van der Waals surface area contributed by atoms with Crippen molar-refractivity contribution in [2.75, 3.05) is 0 Å². The Kier molecular flexibility index (Phi) is 3.93. The molecule has 1 heterocycles. The molecule has 2 aromatic rings. The van der Waals surface area contributed by atoms with Crippen molar-refractivity contribution in [3.63, 3.8) is 0 Å². The van der Waals surface area contributed by atoms with E-state index in [9.17, 15) is 4.39 Å². The van der Waals surface area contributed by atoms with Crippen molar-refractivity contribution in [2.45, 2.75) is 19.5 Å². The molecule has 4 nitrogen and oxygen atoms in total. The number of benzene rings is 1. The Morgan fingerprint density at radius 1 is 1.50 bits per heavy atom. The van der Waals surface area contributed by atoms with E-state index in [0.717, 1.165) is 11.4 Å². The van der Waals surface area contributed by atoms with E-state index in [4.69, 9.17) is 11.6 Å². The lowest BCUT2D eigenvalue weighted by Gasteiger charge is -2.15. The molecule has 2 rings (SSSR count). The lowest BCUT2D eigenvalue weighted by Crippen LogP contribution is -2.20. The first-order valence-electron chi connectivity index (χ1n) is 5.59. The zero-order chi connectivity index (χ0) is 13.1. The van der Waals surface area contributed by atoms with E-state index < -0.39 is 0 Å². The summed E-state index contributed by atoms with van der Waals surface area (Å²) >= 11 is 6.00. The number of hydrogen-bond acceptors (Lipinski definition) is 3. The van der Waals surface area contributed by atoms with Crippen LogP contribution in [0.4, 0.5) is 4.39 Å². The minimum atomic E-state index is -0.329. The minimum Gasteiger partial charge on any atom is -0.303 e. The van der Waals surface area contributed by atoms with E-state index >= 15 is 0 Å². The smallest absolute Gasteiger partial charge is 0.140 e. The molecule has 0 unspecified atom stereocenters. The van der Waals surface area contributed by atoms with Crippen LogP contribution in [-0.4, -0.2) is 14.8 Å². The molecular formula is C12H14ClFN4. The molecule has 6 heteroatoms. The number of halogens is 2. The summed E-state index contributed by atoms with van der Waals surface area (Å²) in [4.78, 5) is 4.11. The molecule has 1 N–H and O–H groups in total. The molecule has 0 aliphatic rings. The zero-order valence-electron chi connectivity index (χ0n) is 10.2. The second-order valence-electron chi connectivity index (χ2n) is 4.07. The largest absolute Gasteiger partial charge is 0.303 e. The first kappa shape index (κ1) is 13.0. The van der Waals surface area contributed by atoms with Gasteiger partial charge in [-0.2, -0.15) is 5.10 Å². The van der Waals surface area contributed by atoms with Gasteiger partial charge >= 0.3 is 0 Å². The van der Waals surface area contributed by atoms with E-state index in [1.54, 1.807) is 10.7 Å². The van der Waals surface area contributed by atoms with E-state index in [2.05, 4.69) is 15.4 Å². The van der Waals surface area contributed by atoms with Crippen LogP contribution in [0.25, 0.3) is 0 Å². The Labute approximate surface area is 110 Å². The molecule has 1 aromatic heterocycles. The van der Waals surface area contributed by atoms with Gasteiger partial charge in [-0.15, -0.1) is 0 Å². The molecule has 0 aliphatic heterocycles. The van der Waals surface area contributed by atoms with Crippen LogP contribution in [0.15, 0.2) is 24.5 Å². The van der Waals surface area contributed by atoms with Gasteiger partial charge in [-0.25, -0.2) is 9.37 Å². The predicted octanol–water partition coefficient (Wildman–Crippen LogP) is 2.46. The molecule has 0 aliphatic carbocycles. The summed E-state index contributed by atoms with van der Waals surface area (Å²) in [6.45, 7) is 2.54. The summed E-state index contributed by atoms with van der Waals surface area (Å²) in [5.41, 5.74) is 0.861. The summed E-state index contributed by atoms with van der Waals surface area (Å²) in [5, 5.41) is 7.68. The summed E-state index contributed by atoms with van der Waals surface area (Å²) < 4.78 is 14.6. The molecule has 1 atom stereocenters. The topological polar surface area (TPSA) is 42.7 Å². The second-order valence-corrected chi connectivity index (χ2v) is 4.48. The molecule has 0 fully saturated rings. The van der Waals surface area contributed by atoms with Crippen molar-refractivity contribution in [1.29, 1.82) is 0 Å². The average molecular weight is 269 g/mol. The first-order valence-corrected chi connectivity index (χ1v) is 5.97. The van der Waals surface area contributed by atoms with E-state index in [0.29, 0.717) is 11.6 Å². The van der Waals surface area contributed by atoms with Gasteiger partial charge in [0, 0.05) is 18.1 Å². The SMILES string of the molecule is C[C@H](NCc1ncnn1C)c1ccc(F)cc1Cl. The molecule has 1 aromatic carbocycles. The first-order chi connectivity index (χ1) is 8.58. The van der Waals surface area contributed by atoms with Crippen LogP contribution in [0.5, 0.6) is 0 Å². The van der Waals surface area contributed by atoms with Gasteiger partial charge in [-0.1, -0.05) is 17.7 Å². The number of nitrogens with one attached hydrogen (secondary N) is 1. The van der Waals surface area contributed by atoms with Crippen molar-refractivity contribution < 1.29 is 4.39 Å². The summed E-state index contributed by atoms with van der Waals surface area (Å²) in [6, 6.07) is 4.42. The Bertz CT molecular complexity index is 541. The van der Waals surface area contributed by atoms with Gasteiger partial charge in [0.05, 0.1) is 6.54 Å². The molecule has 18 heavy (non-hydrogen) atoms. The molecule has 0 spiro atoms. The fourth-order valence-corrected chi connectivity index (χ4v) is 2.02. The number of rotatable bonds is 4. The third kappa shape index (κ3) is 2.86. The van der Waals surface area contributed by atoms with Crippen LogP contribution in [0.1, 0.15) is 24.4 Å². The normalized spacial score (nSPS) is 12.7. The third-order valence-corrected chi connectivity index (χ3v) is 3.13. The fourth-order valence-electron chi connectivity index (χ4n) is 1.69. The van der Waals surface area contributed by atoms with E-state index in [-0.39, 0.29) is 11.9 Å². The average Bonchev–Trinajstić information content (AvgIpc) is 2.72. The monoisotopic (exact) mass is 268 g/mol. The Balaban J connectivity index is 2.03. The zero-order valence-corrected chi connectivity index (χ0v) is 10.9. The lowest BCUT2D eigenvalue weighted by atomic mass is 10.1. The van der Waals surface area contributed by atoms with Crippen molar-refractivity contribution in [3.05, 3.63) is 46.8 Å². The molecule has 0 bridgehead atoms. The molecule has 96 valence electrons. The minimum absolute atomic E-state index is 0.00907. The van der Waals surface area contributed by atoms with Gasteiger partial charge in [0.1, 0.15) is 18.0 Å². The van der Waals surface area contributed by atoms with Crippen LogP contribution in [0, 0.1) is 5.82 Å². The van der Waals surface area contributed by atoms with Gasteiger partial charge in [0.15, 0.2) is 0 Å². The van der Waals surface area contributed by atoms with Gasteiger partial charge in [-0.3, -0.25) is 4.68 Å². The molecule has 0 saturated carbocycles. The van der Waals surface area contributed by atoms with Gasteiger partial charge in [0.25, 0.3) is 0 Å². The van der Waals surface area contributed by atoms with Crippen LogP contribution in [0.2, 0.25) is 5.02 Å². The summed E-state index contributed by atoms with van der Waals surface area (Å²) in [5.74, 6) is 0.504. The van der Waals surface area contributed by atoms with Crippen LogP contribution < -0.4 is 5.32 Å². The maximum atomic E-state index is 12.9. The number of hydrogen-bond donors (Lipinski definition) is 1. The summed E-state index contributed by atoms with van der Waals surface area (Å²) in [6.07, 6.45) is 1.51. The van der Waals surface area contributed by atoms with Crippen LogP contribution in [0.3, 0.4) is 0 Å². The van der Waals surface area contributed by atoms with Crippen molar-refractivity contribution in [1.82, 2.24) is 20.1 Å². The van der Waals surface area contributed by atoms with Gasteiger partial charge in [-0.05, 0) is 24.6 Å². The van der Waals surface area contributed by atoms with Gasteiger partial charge in [0.2, 0.25) is 0 Å². The lowest BCUT2D eigenvalue weighted by molar-refractivity contribution is 0.539. The summed E-state index contributed by atoms with van der Waals surface area (Å²) in [7, 11) is 1.83. The highest BCUT2D eigenvalue weighted by Gasteiger charge is 2.11. The molecule has 0 amide bonds. The molecular weight excluding hydrogens is 255 g/mol. The highest BCUT2D eigenvalue weighted by molar-refractivity contribution is 6.31. The predicted molar refractivity (Wildman–Crippen MR) is 67.7 cm³/mol. The third-order valence-electron chi connectivity index (χ3n) is 2.80. The van der Waals surface area contributed by atoms with E-state index in [1.165, 1.54) is 18.5 Å². The maximum Gasteiger partial charge on any atom is 0.140 e. The van der Waals surface area contributed by atoms with Crippen molar-refractivity contribution in [2.24, 2.45) is 7.05 Å². The highest BCUT2D eigenvalue weighted by Crippen LogP contribution is 2.23. The quantitative estimate of drug-likeness (QED) is 0.926. The Morgan fingerprint density at radius 2 is 2.28 bits per heavy atom. The number of aromatic nitrogens is 3. The number of aryl methyl sites for hydroxylation is 1. The van der Waals surface area contributed by atoms with Crippen molar-refractivity contribution >= 4 is 11.6 Å². The van der Waals surface area contributed by atoms with E-state index in [1.807, 2.05) is 14.0 Å². The Morgan fingerprint density at radius 3 is 2.89 bits per heavy atom. The second kappa shape index (κ2) is 5.46. The number of nitrogens with zero attached hydrogens (tertiary/aromatic N) is 3. The fraction of sp³-hybridized carbons (Fsp3) is 0.333.